The molecule has 116 valence electrons. The zero-order chi connectivity index (χ0) is 15.8. The van der Waals surface area contributed by atoms with Gasteiger partial charge in [0.15, 0.2) is 5.65 Å². The maximum absolute atomic E-state index is 5.37. The van der Waals surface area contributed by atoms with Crippen LogP contribution in [0, 0.1) is 13.8 Å². The molecule has 0 atom stereocenters. The molecule has 0 amide bonds. The molecule has 0 aliphatic rings. The van der Waals surface area contributed by atoms with Crippen LogP contribution in [0.25, 0.3) is 17.0 Å². The fourth-order valence-electron chi connectivity index (χ4n) is 2.66. The normalized spacial score (nSPS) is 11.4. The molecule has 4 heterocycles. The summed E-state index contributed by atoms with van der Waals surface area (Å²) in [5.41, 5.74) is 4.80. The Balaban J connectivity index is 1.59. The minimum atomic E-state index is 0.527. The highest BCUT2D eigenvalue weighted by Gasteiger charge is 2.14. The number of fused-ring (bicyclic) bond motifs is 1. The molecule has 8 nitrogen and oxygen atoms in total. The fourth-order valence-corrected chi connectivity index (χ4v) is 2.66. The first-order chi connectivity index (χ1) is 11.2. The molecule has 0 fully saturated rings. The van der Waals surface area contributed by atoms with E-state index in [9.17, 15) is 0 Å². The van der Waals surface area contributed by atoms with Crippen LogP contribution in [0.4, 0.5) is 0 Å². The lowest BCUT2D eigenvalue weighted by molar-refractivity contribution is 0.379. The number of nitrogens with zero attached hydrogens (tertiary/aromatic N) is 6. The predicted molar refractivity (Wildman–Crippen MR) is 81.7 cm³/mol. The average molecular weight is 309 g/mol. The number of aromatic nitrogens is 7. The smallest absolute Gasteiger partial charge is 0.227 e. The lowest BCUT2D eigenvalue weighted by atomic mass is 10.1. The van der Waals surface area contributed by atoms with Gasteiger partial charge in [-0.25, -0.2) is 9.50 Å². The van der Waals surface area contributed by atoms with E-state index < -0.39 is 0 Å². The van der Waals surface area contributed by atoms with E-state index in [1.807, 2.05) is 32.2 Å². The lowest BCUT2D eigenvalue weighted by Crippen LogP contribution is -1.95. The summed E-state index contributed by atoms with van der Waals surface area (Å²) in [5, 5.41) is 15.4. The minimum absolute atomic E-state index is 0.527. The monoisotopic (exact) mass is 309 g/mol. The second-order valence-electron chi connectivity index (χ2n) is 5.37. The molecule has 0 saturated heterocycles. The van der Waals surface area contributed by atoms with Crippen molar-refractivity contribution >= 4 is 5.65 Å². The number of H-pyrrole nitrogens is 1. The van der Waals surface area contributed by atoms with Gasteiger partial charge in [-0.15, -0.1) is 0 Å². The van der Waals surface area contributed by atoms with Gasteiger partial charge in [-0.2, -0.15) is 15.2 Å². The molecule has 4 aromatic rings. The van der Waals surface area contributed by atoms with Crippen molar-refractivity contribution in [2.24, 2.45) is 0 Å². The van der Waals surface area contributed by atoms with Crippen molar-refractivity contribution in [2.45, 2.75) is 26.7 Å². The highest BCUT2D eigenvalue weighted by atomic mass is 16.5. The highest BCUT2D eigenvalue weighted by molar-refractivity contribution is 5.71. The fraction of sp³-hybridized carbons (Fsp3) is 0.267. The Labute approximate surface area is 131 Å². The van der Waals surface area contributed by atoms with E-state index in [2.05, 4.69) is 30.4 Å². The van der Waals surface area contributed by atoms with Crippen LogP contribution in [0.1, 0.15) is 22.8 Å². The van der Waals surface area contributed by atoms with Crippen LogP contribution in [0.3, 0.4) is 0 Å². The first kappa shape index (κ1) is 13.6. The molecule has 0 unspecified atom stereocenters. The van der Waals surface area contributed by atoms with E-state index in [0.29, 0.717) is 23.8 Å². The van der Waals surface area contributed by atoms with E-state index in [-0.39, 0.29) is 0 Å². The molecule has 1 N–H and O–H groups in total. The molecule has 4 rings (SSSR count). The van der Waals surface area contributed by atoms with Gasteiger partial charge in [0.1, 0.15) is 6.33 Å². The molecule has 0 aliphatic heterocycles. The van der Waals surface area contributed by atoms with Crippen LogP contribution in [0.5, 0.6) is 0 Å². The third-order valence-electron chi connectivity index (χ3n) is 3.88. The van der Waals surface area contributed by atoms with E-state index in [1.54, 1.807) is 4.52 Å². The summed E-state index contributed by atoms with van der Waals surface area (Å²) in [6.07, 6.45) is 4.82. The molecule has 0 aromatic carbocycles. The number of pyridine rings is 1. The van der Waals surface area contributed by atoms with Gasteiger partial charge in [-0.3, -0.25) is 5.10 Å². The van der Waals surface area contributed by atoms with E-state index in [0.717, 1.165) is 23.4 Å². The molecule has 8 heteroatoms. The summed E-state index contributed by atoms with van der Waals surface area (Å²) in [7, 11) is 0. The summed E-state index contributed by atoms with van der Waals surface area (Å²) in [6, 6.07) is 3.79. The summed E-state index contributed by atoms with van der Waals surface area (Å²) in [4.78, 5) is 8.71. The van der Waals surface area contributed by atoms with Crippen LogP contribution in [0.15, 0.2) is 29.2 Å². The Kier molecular flexibility index (Phi) is 3.14. The van der Waals surface area contributed by atoms with Gasteiger partial charge in [0.2, 0.25) is 11.7 Å². The number of hydrogen-bond acceptors (Lipinski definition) is 6. The lowest BCUT2D eigenvalue weighted by Gasteiger charge is -1.97. The third-order valence-corrected chi connectivity index (χ3v) is 3.88. The van der Waals surface area contributed by atoms with Crippen LogP contribution >= 0.6 is 0 Å². The van der Waals surface area contributed by atoms with Crippen LogP contribution in [-0.4, -0.2) is 34.9 Å². The molecular weight excluding hydrogens is 294 g/mol. The van der Waals surface area contributed by atoms with E-state index >= 15 is 0 Å². The maximum Gasteiger partial charge on any atom is 0.227 e. The second kappa shape index (κ2) is 5.31. The van der Waals surface area contributed by atoms with Crippen LogP contribution < -0.4 is 0 Å². The van der Waals surface area contributed by atoms with Gasteiger partial charge in [0.05, 0.1) is 11.3 Å². The van der Waals surface area contributed by atoms with Crippen LogP contribution in [0.2, 0.25) is 0 Å². The topological polar surface area (TPSA) is 97.8 Å². The standard InChI is InChI=1S/C15H15N7O/c1-9-11(10(2)20-19-9)5-6-13-18-14(21-23-13)12-4-3-7-22-15(12)16-8-17-22/h3-4,7-8H,5-6H2,1-2H3,(H,19,20). The van der Waals surface area contributed by atoms with Crippen molar-refractivity contribution in [3.8, 4) is 11.4 Å². The molecular formula is C15H15N7O. The number of hydrogen-bond donors (Lipinski definition) is 1. The number of nitrogens with one attached hydrogen (secondary N) is 1. The Morgan fingerprint density at radius 2 is 2.17 bits per heavy atom. The zero-order valence-corrected chi connectivity index (χ0v) is 12.8. The van der Waals surface area contributed by atoms with Gasteiger partial charge in [-0.05, 0) is 38.0 Å². The van der Waals surface area contributed by atoms with Crippen molar-refractivity contribution in [1.29, 1.82) is 0 Å². The van der Waals surface area contributed by atoms with Gasteiger partial charge in [0, 0.05) is 18.3 Å². The summed E-state index contributed by atoms with van der Waals surface area (Å²) >= 11 is 0. The Hall–Kier alpha value is -3.03. The predicted octanol–water partition coefficient (Wildman–Crippen LogP) is 1.90. The molecule has 4 aromatic heterocycles. The minimum Gasteiger partial charge on any atom is -0.339 e. The number of rotatable bonds is 4. The number of aryl methyl sites for hydroxylation is 3. The molecule has 0 radical (unpaired) electrons. The average Bonchev–Trinajstić information content (AvgIpc) is 3.26. The Bertz CT molecular complexity index is 946. The summed E-state index contributed by atoms with van der Waals surface area (Å²) in [5.74, 6) is 1.13. The van der Waals surface area contributed by atoms with Gasteiger partial charge in [0.25, 0.3) is 0 Å². The molecule has 0 bridgehead atoms. The summed E-state index contributed by atoms with van der Waals surface area (Å²) in [6.45, 7) is 4.00. The Morgan fingerprint density at radius 3 is 3.00 bits per heavy atom. The van der Waals surface area contributed by atoms with Crippen molar-refractivity contribution in [2.75, 3.05) is 0 Å². The quantitative estimate of drug-likeness (QED) is 0.618. The highest BCUT2D eigenvalue weighted by Crippen LogP contribution is 2.20. The van der Waals surface area contributed by atoms with E-state index in [4.69, 9.17) is 4.52 Å². The van der Waals surface area contributed by atoms with Crippen molar-refractivity contribution in [3.05, 3.63) is 47.5 Å². The summed E-state index contributed by atoms with van der Waals surface area (Å²) < 4.78 is 7.06. The van der Waals surface area contributed by atoms with Crippen molar-refractivity contribution < 1.29 is 4.52 Å². The SMILES string of the molecule is Cc1n[nH]c(C)c1CCc1nc(-c2cccn3ncnc23)no1. The first-order valence-electron chi connectivity index (χ1n) is 7.34. The molecule has 0 aliphatic carbocycles. The molecule has 0 spiro atoms. The number of aromatic amines is 1. The van der Waals surface area contributed by atoms with Gasteiger partial charge < -0.3 is 4.52 Å². The largest absolute Gasteiger partial charge is 0.339 e. The van der Waals surface area contributed by atoms with Crippen molar-refractivity contribution in [1.82, 2.24) is 34.9 Å². The maximum atomic E-state index is 5.37. The second-order valence-corrected chi connectivity index (χ2v) is 5.37. The first-order valence-corrected chi connectivity index (χ1v) is 7.34. The van der Waals surface area contributed by atoms with Gasteiger partial charge in [-0.1, -0.05) is 5.16 Å². The zero-order valence-electron chi connectivity index (χ0n) is 12.8. The Morgan fingerprint density at radius 1 is 1.26 bits per heavy atom. The molecule has 0 saturated carbocycles. The van der Waals surface area contributed by atoms with Crippen molar-refractivity contribution in [3.63, 3.8) is 0 Å². The van der Waals surface area contributed by atoms with E-state index in [1.165, 1.54) is 11.9 Å². The van der Waals surface area contributed by atoms with Crippen LogP contribution in [-0.2, 0) is 12.8 Å². The van der Waals surface area contributed by atoms with Gasteiger partial charge >= 0.3 is 0 Å². The third kappa shape index (κ3) is 2.37. The molecule has 23 heavy (non-hydrogen) atoms.